The van der Waals surface area contributed by atoms with Crippen LogP contribution in [0.4, 0.5) is 10.1 Å². The second kappa shape index (κ2) is 9.48. The van der Waals surface area contributed by atoms with Gasteiger partial charge in [-0.3, -0.25) is 10.2 Å². The van der Waals surface area contributed by atoms with Crippen molar-refractivity contribution in [2.75, 3.05) is 18.1 Å². The maximum atomic E-state index is 14.8. The average Bonchev–Trinajstić information content (AvgIpc) is 3.23. The Morgan fingerprint density at radius 1 is 1.30 bits per heavy atom. The molecule has 2 heterocycles. The molecule has 0 saturated carbocycles. The SMILES string of the molecule is CC(C)CC(=O)N1CCC(c2nc3cc(-c4ccc(N(C=N)N=N)cc4F)ccc3o2)CC1. The summed E-state index contributed by atoms with van der Waals surface area (Å²) in [6.45, 7) is 5.51. The number of rotatable bonds is 7. The summed E-state index contributed by atoms with van der Waals surface area (Å²) < 4.78 is 20.8. The summed E-state index contributed by atoms with van der Waals surface area (Å²) >= 11 is 0. The van der Waals surface area contributed by atoms with Gasteiger partial charge in [-0.25, -0.2) is 14.4 Å². The fourth-order valence-electron chi connectivity index (χ4n) is 4.18. The highest BCUT2D eigenvalue weighted by Crippen LogP contribution is 2.33. The Bertz CT molecular complexity index is 1170. The minimum Gasteiger partial charge on any atom is -0.440 e. The fourth-order valence-corrected chi connectivity index (χ4v) is 4.18. The maximum absolute atomic E-state index is 14.8. The first kappa shape index (κ1) is 22.6. The van der Waals surface area contributed by atoms with E-state index in [2.05, 4.69) is 24.1 Å². The molecule has 0 radical (unpaired) electrons. The summed E-state index contributed by atoms with van der Waals surface area (Å²) in [4.78, 5) is 18.9. The van der Waals surface area contributed by atoms with Crippen molar-refractivity contribution in [3.63, 3.8) is 0 Å². The van der Waals surface area contributed by atoms with Crippen LogP contribution in [0.5, 0.6) is 0 Å². The fraction of sp³-hybridized carbons (Fsp3) is 0.375. The van der Waals surface area contributed by atoms with E-state index in [4.69, 9.17) is 15.4 Å². The first-order valence-electron chi connectivity index (χ1n) is 11.0. The minimum absolute atomic E-state index is 0.153. The van der Waals surface area contributed by atoms with Gasteiger partial charge in [-0.05, 0) is 48.6 Å². The Morgan fingerprint density at radius 2 is 2.06 bits per heavy atom. The molecular weight excluding hydrogens is 423 g/mol. The monoisotopic (exact) mass is 450 g/mol. The van der Waals surface area contributed by atoms with Gasteiger partial charge in [-0.2, -0.15) is 5.53 Å². The van der Waals surface area contributed by atoms with E-state index in [1.54, 1.807) is 30.3 Å². The molecule has 172 valence electrons. The van der Waals surface area contributed by atoms with E-state index in [1.807, 2.05) is 4.90 Å². The molecule has 1 saturated heterocycles. The quantitative estimate of drug-likeness (QED) is 0.207. The number of anilines is 1. The van der Waals surface area contributed by atoms with Gasteiger partial charge in [0, 0.05) is 37.1 Å². The van der Waals surface area contributed by atoms with Crippen LogP contribution in [0.2, 0.25) is 0 Å². The molecule has 1 amide bonds. The summed E-state index contributed by atoms with van der Waals surface area (Å²) in [7, 11) is 0. The van der Waals surface area contributed by atoms with Crippen molar-refractivity contribution in [2.45, 2.75) is 39.0 Å². The van der Waals surface area contributed by atoms with Gasteiger partial charge in [0.05, 0.1) is 5.69 Å². The van der Waals surface area contributed by atoms with Gasteiger partial charge in [0.1, 0.15) is 17.7 Å². The lowest BCUT2D eigenvalue weighted by atomic mass is 9.96. The highest BCUT2D eigenvalue weighted by Gasteiger charge is 2.27. The second-order valence-corrected chi connectivity index (χ2v) is 8.73. The topological polar surface area (TPSA) is 110 Å². The van der Waals surface area contributed by atoms with Gasteiger partial charge in [0.15, 0.2) is 11.5 Å². The molecule has 2 aromatic carbocycles. The van der Waals surface area contributed by atoms with Crippen molar-refractivity contribution in [3.8, 4) is 11.1 Å². The number of amides is 1. The highest BCUT2D eigenvalue weighted by molar-refractivity contribution is 5.82. The Kier molecular flexibility index (Phi) is 6.48. The van der Waals surface area contributed by atoms with Crippen molar-refractivity contribution in [1.29, 1.82) is 10.9 Å². The third kappa shape index (κ3) is 4.76. The molecule has 0 aliphatic carbocycles. The van der Waals surface area contributed by atoms with E-state index < -0.39 is 5.82 Å². The number of hydrogen-bond donors (Lipinski definition) is 2. The first-order valence-corrected chi connectivity index (χ1v) is 11.0. The second-order valence-electron chi connectivity index (χ2n) is 8.73. The lowest BCUT2D eigenvalue weighted by Crippen LogP contribution is -2.38. The van der Waals surface area contributed by atoms with Crippen LogP contribution in [-0.2, 0) is 4.79 Å². The zero-order valence-electron chi connectivity index (χ0n) is 18.7. The number of hydrogen-bond acceptors (Lipinski definition) is 6. The number of piperidine rings is 1. The summed E-state index contributed by atoms with van der Waals surface area (Å²) in [5.74, 6) is 0.891. The molecule has 0 atom stereocenters. The van der Waals surface area contributed by atoms with E-state index >= 15 is 0 Å². The number of carbonyl (C=O) groups is 1. The molecular formula is C24H27FN6O2. The van der Waals surface area contributed by atoms with E-state index in [0.29, 0.717) is 59.2 Å². The number of benzene rings is 2. The van der Waals surface area contributed by atoms with Crippen LogP contribution in [0.25, 0.3) is 22.2 Å². The molecule has 2 N–H and O–H groups in total. The Labute approximate surface area is 191 Å². The minimum atomic E-state index is -0.482. The van der Waals surface area contributed by atoms with Crippen LogP contribution in [0.1, 0.15) is 44.9 Å². The smallest absolute Gasteiger partial charge is 0.222 e. The van der Waals surface area contributed by atoms with Crippen LogP contribution < -0.4 is 5.01 Å². The average molecular weight is 451 g/mol. The van der Waals surface area contributed by atoms with Gasteiger partial charge >= 0.3 is 0 Å². The molecule has 0 bridgehead atoms. The van der Waals surface area contributed by atoms with E-state index in [0.717, 1.165) is 24.2 Å². The van der Waals surface area contributed by atoms with Crippen molar-refractivity contribution in [3.05, 3.63) is 48.1 Å². The molecule has 1 aliphatic heterocycles. The Hall–Kier alpha value is -3.62. The van der Waals surface area contributed by atoms with Gasteiger partial charge in [0.2, 0.25) is 5.91 Å². The molecule has 1 fully saturated rings. The number of nitrogens with zero attached hydrogens (tertiary/aromatic N) is 4. The van der Waals surface area contributed by atoms with Gasteiger partial charge in [-0.1, -0.05) is 25.1 Å². The Morgan fingerprint density at radius 3 is 2.70 bits per heavy atom. The van der Waals surface area contributed by atoms with Crippen LogP contribution >= 0.6 is 0 Å². The van der Waals surface area contributed by atoms with E-state index in [-0.39, 0.29) is 11.8 Å². The molecule has 3 aromatic rings. The van der Waals surface area contributed by atoms with Crippen LogP contribution in [-0.4, -0.2) is 35.2 Å². The number of fused-ring (bicyclic) bond motifs is 1. The van der Waals surface area contributed by atoms with Crippen molar-refractivity contribution < 1.29 is 13.6 Å². The largest absolute Gasteiger partial charge is 0.440 e. The highest BCUT2D eigenvalue weighted by atomic mass is 19.1. The van der Waals surface area contributed by atoms with Crippen molar-refractivity contribution >= 4 is 29.0 Å². The zero-order chi connectivity index (χ0) is 23.5. The standard InChI is InChI=1S/C24H27FN6O2/c1-15(2)11-23(32)30-9-7-16(8-10-30)24-28-21-12-17(3-6-22(21)33-24)19-5-4-18(13-20(19)25)31(14-26)29-27/h3-6,12-16,26-27H,7-11H2,1-2H3. The molecule has 1 aliphatic rings. The lowest BCUT2D eigenvalue weighted by molar-refractivity contribution is -0.133. The summed E-state index contributed by atoms with van der Waals surface area (Å²) in [5.41, 5.74) is 9.70. The predicted molar refractivity (Wildman–Crippen MR) is 124 cm³/mol. The number of aromatic nitrogens is 1. The zero-order valence-corrected chi connectivity index (χ0v) is 18.7. The van der Waals surface area contributed by atoms with Gasteiger partial charge in [-0.15, -0.1) is 0 Å². The summed E-state index contributed by atoms with van der Waals surface area (Å²) in [5, 5.41) is 11.4. The van der Waals surface area contributed by atoms with Crippen molar-refractivity contribution in [1.82, 2.24) is 9.88 Å². The van der Waals surface area contributed by atoms with Crippen molar-refractivity contribution in [2.24, 2.45) is 11.1 Å². The molecule has 0 spiro atoms. The number of likely N-dealkylation sites (tertiary alicyclic amines) is 1. The molecule has 0 unspecified atom stereocenters. The van der Waals surface area contributed by atoms with Gasteiger partial charge < -0.3 is 9.32 Å². The molecule has 33 heavy (non-hydrogen) atoms. The normalized spacial score (nSPS) is 14.6. The number of nitrogens with one attached hydrogen (secondary N) is 2. The summed E-state index contributed by atoms with van der Waals surface area (Å²) in [6.07, 6.45) is 3.04. The predicted octanol–water partition coefficient (Wildman–Crippen LogP) is 5.75. The van der Waals surface area contributed by atoms with Gasteiger partial charge in [0.25, 0.3) is 0 Å². The van der Waals surface area contributed by atoms with Crippen LogP contribution in [0.3, 0.4) is 0 Å². The third-order valence-electron chi connectivity index (χ3n) is 5.94. The number of carbonyl (C=O) groups excluding carboxylic acids is 1. The number of halogens is 1. The number of oxazole rings is 1. The van der Waals surface area contributed by atoms with E-state index in [9.17, 15) is 9.18 Å². The Balaban J connectivity index is 1.51. The van der Waals surface area contributed by atoms with Crippen LogP contribution in [0.15, 0.2) is 46.0 Å². The lowest BCUT2D eigenvalue weighted by Gasteiger charge is -2.31. The van der Waals surface area contributed by atoms with E-state index in [1.165, 1.54) is 6.07 Å². The third-order valence-corrected chi connectivity index (χ3v) is 5.94. The maximum Gasteiger partial charge on any atom is 0.222 e. The molecule has 1 aromatic heterocycles. The van der Waals surface area contributed by atoms with Crippen LogP contribution in [0, 0.1) is 22.7 Å². The first-order chi connectivity index (χ1) is 15.9. The molecule has 4 rings (SSSR count). The summed E-state index contributed by atoms with van der Waals surface area (Å²) in [6, 6.07) is 9.81. The molecule has 9 heteroatoms. The molecule has 8 nitrogen and oxygen atoms in total.